The van der Waals surface area contributed by atoms with Crippen molar-refractivity contribution in [1.82, 2.24) is 9.34 Å². The van der Waals surface area contributed by atoms with Crippen LogP contribution in [0.4, 0.5) is 26.3 Å². The van der Waals surface area contributed by atoms with Crippen molar-refractivity contribution in [2.75, 3.05) is 14.1 Å². The van der Waals surface area contributed by atoms with Gasteiger partial charge < -0.3 is 0 Å². The Morgan fingerprint density at radius 1 is 0.778 bits per heavy atom. The second-order valence-corrected chi connectivity index (χ2v) is 13.9. The first-order valence-corrected chi connectivity index (χ1v) is 14.6. The van der Waals surface area contributed by atoms with Gasteiger partial charge in [0.05, 0.1) is 0 Å². The summed E-state index contributed by atoms with van der Waals surface area (Å²) in [5, 5.41) is 0. The molecule has 3 nitrogen and oxygen atoms in total. The van der Waals surface area contributed by atoms with Gasteiger partial charge in [0.2, 0.25) is 0 Å². The topological polar surface area (TPSA) is 15.7 Å². The van der Waals surface area contributed by atoms with E-state index in [0.29, 0.717) is 5.56 Å². The normalized spacial score (nSPS) is 22.4. The summed E-state index contributed by atoms with van der Waals surface area (Å²) in [6, 6.07) is 13.7. The predicted octanol–water partition coefficient (Wildman–Crippen LogP) is 7.45. The number of nitrogens with zero attached hydrogens (tertiary/aromatic N) is 2. The van der Waals surface area contributed by atoms with E-state index in [9.17, 15) is 26.3 Å². The summed E-state index contributed by atoms with van der Waals surface area (Å²) in [7, 11) is 3.30. The number of hydrogen-bond donors (Lipinski definition) is 0. The average molecular weight is 592 g/mol. The Balaban J connectivity index is 1.84. The summed E-state index contributed by atoms with van der Waals surface area (Å²) < 4.78 is 99.5. The Kier molecular flexibility index (Phi) is 7.20. The quantitative estimate of drug-likeness (QED) is 0.174. The zero-order valence-corrected chi connectivity index (χ0v) is 21.8. The number of likely N-dealkylation sites (N-methyl/N-ethyl adjacent to an activating group) is 2. The summed E-state index contributed by atoms with van der Waals surface area (Å²) in [4.78, 5) is 0. The molecule has 0 saturated carbocycles. The zero-order valence-electron chi connectivity index (χ0n) is 20.2. The number of rotatable bonds is 5. The Morgan fingerprint density at radius 3 is 1.64 bits per heavy atom. The maximum absolute atomic E-state index is 13.5. The number of halogens is 6. The second kappa shape index (κ2) is 10.1. The van der Waals surface area contributed by atoms with Gasteiger partial charge in [0.15, 0.2) is 0 Å². The van der Waals surface area contributed by atoms with E-state index >= 15 is 0 Å². The first-order valence-electron chi connectivity index (χ1n) is 11.4. The van der Waals surface area contributed by atoms with Crippen LogP contribution in [0.25, 0.3) is 0 Å². The van der Waals surface area contributed by atoms with Crippen LogP contribution in [0, 0.1) is 0 Å². The van der Waals surface area contributed by atoms with Gasteiger partial charge >= 0.3 is 215 Å². The Morgan fingerprint density at radius 2 is 1.22 bits per heavy atom. The molecule has 192 valence electrons. The minimum atomic E-state index is -4.59. The van der Waals surface area contributed by atoms with E-state index in [0.717, 1.165) is 24.3 Å². The van der Waals surface area contributed by atoms with Crippen molar-refractivity contribution < 1.29 is 32.2 Å². The molecule has 4 rings (SSSR count). The average Bonchev–Trinajstić information content (AvgIpc) is 3.04. The summed E-state index contributed by atoms with van der Waals surface area (Å²) in [6.07, 6.45) is -9.18. The van der Waals surface area contributed by atoms with Gasteiger partial charge in [0.25, 0.3) is 0 Å². The van der Waals surface area contributed by atoms with Gasteiger partial charge in [-0.3, -0.25) is 0 Å². The fourth-order valence-electron chi connectivity index (χ4n) is 4.35. The molecule has 0 radical (unpaired) electrons. The third-order valence-electron chi connectivity index (χ3n) is 6.14. The molecule has 0 N–H and O–H groups in total. The molecule has 0 spiro atoms. The van der Waals surface area contributed by atoms with Gasteiger partial charge in [-0.15, -0.1) is 0 Å². The first kappa shape index (κ1) is 25.7. The van der Waals surface area contributed by atoms with Crippen LogP contribution in [0.3, 0.4) is 0 Å². The molecule has 0 aliphatic carbocycles. The molecule has 3 atom stereocenters. The van der Waals surface area contributed by atoms with Crippen LogP contribution < -0.4 is 0 Å². The molecular formula is C25H23F6N2OPSe. The predicted molar refractivity (Wildman–Crippen MR) is 128 cm³/mol. The zero-order chi connectivity index (χ0) is 27.2. The minimum absolute atomic E-state index is 0.272. The summed E-state index contributed by atoms with van der Waals surface area (Å²) in [5.41, 5.74) is -0.606. The van der Waals surface area contributed by atoms with Crippen molar-refractivity contribution in [3.05, 3.63) is 107 Å². The van der Waals surface area contributed by atoms with Crippen molar-refractivity contribution in [2.45, 2.75) is 31.0 Å². The van der Waals surface area contributed by atoms with Gasteiger partial charge in [0, 0.05) is 0 Å². The van der Waals surface area contributed by atoms with Gasteiger partial charge in [-0.05, 0) is 0 Å². The molecule has 1 unspecified atom stereocenters. The van der Waals surface area contributed by atoms with Crippen molar-refractivity contribution in [1.29, 1.82) is 0 Å². The van der Waals surface area contributed by atoms with E-state index in [2.05, 4.69) is 15.1 Å². The SMILES string of the molecule is [2H]C(OP1(=[Se])N(C)[C@@H](c2cccc(C(F)(F)F)c2)[C@H](c2cccc(C(F)(F)F)c2)N1C)c1ccccc1. The second-order valence-electron chi connectivity index (χ2n) is 8.41. The Hall–Kier alpha value is -1.93. The molecule has 0 bridgehead atoms. The fourth-order valence-corrected chi connectivity index (χ4v) is 8.05. The van der Waals surface area contributed by atoms with Crippen LogP contribution in [-0.4, -0.2) is 38.5 Å². The molecule has 0 amide bonds. The Bertz CT molecular complexity index is 1230. The fraction of sp³-hybridized carbons (Fsp3) is 0.280. The van der Waals surface area contributed by atoms with E-state index in [4.69, 9.17) is 5.89 Å². The summed E-state index contributed by atoms with van der Waals surface area (Å²) >= 11 is 3.02. The molecule has 1 aliphatic heterocycles. The molecule has 1 heterocycles. The molecule has 0 aromatic heterocycles. The van der Waals surface area contributed by atoms with Crippen LogP contribution in [0.15, 0.2) is 78.9 Å². The molecule has 3 aromatic carbocycles. The third kappa shape index (κ3) is 5.35. The molecule has 36 heavy (non-hydrogen) atoms. The molecule has 1 aliphatic rings. The van der Waals surface area contributed by atoms with Crippen LogP contribution in [0.1, 0.15) is 41.3 Å². The van der Waals surface area contributed by atoms with Gasteiger partial charge in [0.1, 0.15) is 0 Å². The molecule has 3 aromatic rings. The van der Waals surface area contributed by atoms with Crippen LogP contribution in [0.5, 0.6) is 0 Å². The van der Waals surface area contributed by atoms with E-state index < -0.39 is 48.2 Å². The maximum atomic E-state index is 13.5. The molecule has 11 heteroatoms. The van der Waals surface area contributed by atoms with Crippen LogP contribution in [-0.2, 0) is 23.5 Å². The molecule has 1 fully saturated rings. The summed E-state index contributed by atoms with van der Waals surface area (Å²) in [6.45, 7) is -1.14. The van der Waals surface area contributed by atoms with Gasteiger partial charge in [-0.25, -0.2) is 0 Å². The van der Waals surface area contributed by atoms with Crippen molar-refractivity contribution in [2.24, 2.45) is 0 Å². The number of hydrogen-bond acceptors (Lipinski definition) is 3. The van der Waals surface area contributed by atoms with E-state index in [-0.39, 0.29) is 11.1 Å². The molecule has 1 saturated heterocycles. The third-order valence-corrected chi connectivity index (χ3v) is 12.4. The van der Waals surface area contributed by atoms with E-state index in [1.165, 1.54) is 24.3 Å². The summed E-state index contributed by atoms with van der Waals surface area (Å²) in [5.74, 6) is 0. The molecular weight excluding hydrogens is 568 g/mol. The first-order chi connectivity index (χ1) is 17.2. The van der Waals surface area contributed by atoms with Gasteiger partial charge in [-0.1, -0.05) is 0 Å². The number of benzene rings is 3. The van der Waals surface area contributed by atoms with Gasteiger partial charge in [-0.2, -0.15) is 0 Å². The van der Waals surface area contributed by atoms with Crippen molar-refractivity contribution in [3.8, 4) is 0 Å². The van der Waals surface area contributed by atoms with Crippen LogP contribution in [0.2, 0.25) is 0 Å². The van der Waals surface area contributed by atoms with Crippen molar-refractivity contribution >= 4 is 21.1 Å². The van der Waals surface area contributed by atoms with Crippen LogP contribution >= 0.6 is 6.04 Å². The monoisotopic (exact) mass is 593 g/mol. The van der Waals surface area contributed by atoms with E-state index in [1.54, 1.807) is 53.8 Å². The number of alkyl halides is 6. The van der Waals surface area contributed by atoms with Crippen molar-refractivity contribution in [3.63, 3.8) is 0 Å². The van der Waals surface area contributed by atoms with E-state index in [1.807, 2.05) is 0 Å². The Labute approximate surface area is 214 Å². The standard InChI is InChI=1S/C25H23F6N2OPSe/c1-32-22(18-10-6-12-20(14-18)24(26,27)28)23(19-11-7-13-21(15-19)25(29,30)31)33(2)35(32,36)34-16-17-8-4-3-5-9-17/h3-15,22-23H,16H2,1-2H3/t22-,23-/m0/s1/i16D/t16?,22-,23-.